The number of amides is 2. The molecule has 2 fully saturated rings. The van der Waals surface area contributed by atoms with Gasteiger partial charge in [0.05, 0.1) is 28.2 Å². The molecule has 0 radical (unpaired) electrons. The van der Waals surface area contributed by atoms with Crippen LogP contribution in [0.4, 0.5) is 5.69 Å². The summed E-state index contributed by atoms with van der Waals surface area (Å²) in [5, 5.41) is 11.3. The van der Waals surface area contributed by atoms with Gasteiger partial charge in [-0.2, -0.15) is 22.1 Å². The number of piperidine rings is 1. The zero-order valence-electron chi connectivity index (χ0n) is 23.7. The Hall–Kier alpha value is -3.00. The van der Waals surface area contributed by atoms with E-state index < -0.39 is 21.7 Å². The third-order valence-electron chi connectivity index (χ3n) is 8.12. The molecule has 0 atom stereocenters. The molecule has 1 aromatic heterocycles. The van der Waals surface area contributed by atoms with Crippen molar-refractivity contribution in [2.24, 2.45) is 5.73 Å². The number of nitrogens with one attached hydrogen (secondary N) is 2. The molecule has 0 unspecified atom stereocenters. The number of carbonyl (C=O) groups is 2. The van der Waals surface area contributed by atoms with Crippen LogP contribution in [0.25, 0.3) is 5.69 Å². The first-order valence-electron chi connectivity index (χ1n) is 14.0. The molecule has 3 aliphatic heterocycles. The molecule has 12 nitrogen and oxygen atoms in total. The number of benzene rings is 1. The normalized spacial score (nSPS) is 21.1. The van der Waals surface area contributed by atoms with Gasteiger partial charge in [0.15, 0.2) is 0 Å². The van der Waals surface area contributed by atoms with Crippen LogP contribution in [0.1, 0.15) is 65.7 Å². The Kier molecular flexibility index (Phi) is 7.68. The Morgan fingerprint density at radius 3 is 2.40 bits per heavy atom. The number of piperazine rings is 1. The van der Waals surface area contributed by atoms with Gasteiger partial charge in [-0.3, -0.25) is 9.59 Å². The smallest absolute Gasteiger partial charge is 0.282 e. The van der Waals surface area contributed by atoms with Gasteiger partial charge in [0.25, 0.3) is 22.0 Å². The van der Waals surface area contributed by atoms with Crippen molar-refractivity contribution in [3.05, 3.63) is 40.7 Å². The Morgan fingerprint density at radius 1 is 1.12 bits per heavy atom. The first-order valence-corrected chi connectivity index (χ1v) is 15.4. The predicted octanol–water partition coefficient (Wildman–Crippen LogP) is 0.967. The molecule has 2 amide bonds. The number of rotatable bonds is 7. The Bertz CT molecular complexity index is 1400. The van der Waals surface area contributed by atoms with Crippen LogP contribution in [0.3, 0.4) is 0 Å². The molecule has 40 heavy (non-hydrogen) atoms. The lowest BCUT2D eigenvalue weighted by Crippen LogP contribution is -2.54. The molecule has 3 aliphatic rings. The molecule has 5 rings (SSSR count). The molecular formula is C27H40N8O4S. The Labute approximate surface area is 236 Å². The van der Waals surface area contributed by atoms with E-state index in [0.717, 1.165) is 30.2 Å². The van der Waals surface area contributed by atoms with Gasteiger partial charge in [-0.15, -0.1) is 0 Å². The summed E-state index contributed by atoms with van der Waals surface area (Å²) in [6, 6.07) is 5.29. The van der Waals surface area contributed by atoms with E-state index in [1.165, 1.54) is 0 Å². The fourth-order valence-corrected chi connectivity index (χ4v) is 7.48. The largest absolute Gasteiger partial charge is 0.382 e. The van der Waals surface area contributed by atoms with Gasteiger partial charge in [0.1, 0.15) is 0 Å². The minimum absolute atomic E-state index is 0.0326. The zero-order valence-corrected chi connectivity index (χ0v) is 24.6. The van der Waals surface area contributed by atoms with Crippen molar-refractivity contribution < 1.29 is 18.0 Å². The highest BCUT2D eigenvalue weighted by molar-refractivity contribution is 7.86. The molecular weight excluding hydrogens is 532 g/mol. The number of aryl methyl sites for hydroxylation is 1. The van der Waals surface area contributed by atoms with Crippen LogP contribution >= 0.6 is 0 Å². The van der Waals surface area contributed by atoms with E-state index in [9.17, 15) is 18.0 Å². The van der Waals surface area contributed by atoms with Gasteiger partial charge >= 0.3 is 0 Å². The summed E-state index contributed by atoms with van der Waals surface area (Å²) in [5.74, 6) is -0.680. The summed E-state index contributed by atoms with van der Waals surface area (Å²) in [6.45, 7) is 9.19. The number of nitrogens with zero attached hydrogens (tertiary/aromatic N) is 5. The number of hydrogen-bond acceptors (Lipinski definition) is 7. The van der Waals surface area contributed by atoms with Gasteiger partial charge in [-0.1, -0.05) is 6.92 Å². The molecule has 4 heterocycles. The van der Waals surface area contributed by atoms with E-state index in [-0.39, 0.29) is 11.9 Å². The monoisotopic (exact) mass is 572 g/mol. The molecule has 2 aromatic rings. The van der Waals surface area contributed by atoms with Crippen molar-refractivity contribution in [2.75, 3.05) is 51.6 Å². The molecule has 2 saturated heterocycles. The van der Waals surface area contributed by atoms with E-state index in [4.69, 9.17) is 10.8 Å². The van der Waals surface area contributed by atoms with E-state index in [2.05, 4.69) is 15.5 Å². The molecule has 13 heteroatoms. The second kappa shape index (κ2) is 10.8. The predicted molar refractivity (Wildman–Crippen MR) is 153 cm³/mol. The number of carbonyl (C=O) groups excluding carboxylic acids is 2. The topological polar surface area (TPSA) is 146 Å². The molecule has 218 valence electrons. The van der Waals surface area contributed by atoms with E-state index in [1.54, 1.807) is 25.4 Å². The van der Waals surface area contributed by atoms with Crippen molar-refractivity contribution in [3.8, 4) is 5.69 Å². The first kappa shape index (κ1) is 28.5. The summed E-state index contributed by atoms with van der Waals surface area (Å²) in [5.41, 5.74) is 9.14. The van der Waals surface area contributed by atoms with Crippen LogP contribution < -0.4 is 16.4 Å². The minimum atomic E-state index is -3.50. The quantitative estimate of drug-likeness (QED) is 0.448. The number of primary amides is 1. The lowest BCUT2D eigenvalue weighted by molar-refractivity contribution is 0.0894. The van der Waals surface area contributed by atoms with Crippen molar-refractivity contribution in [1.29, 1.82) is 0 Å². The number of likely N-dealkylation sites (N-methyl/N-ethyl adjacent to an activating group) is 1. The van der Waals surface area contributed by atoms with E-state index in [0.29, 0.717) is 68.7 Å². The highest BCUT2D eigenvalue weighted by atomic mass is 32.2. The zero-order chi connectivity index (χ0) is 28.8. The van der Waals surface area contributed by atoms with Crippen LogP contribution in [0.5, 0.6) is 0 Å². The van der Waals surface area contributed by atoms with Crippen molar-refractivity contribution >= 4 is 27.7 Å². The van der Waals surface area contributed by atoms with Crippen LogP contribution in [0.2, 0.25) is 0 Å². The second-order valence-corrected chi connectivity index (χ2v) is 13.6. The molecule has 4 N–H and O–H groups in total. The number of fused-ring (bicyclic) bond motifs is 1. The average Bonchev–Trinajstić information content (AvgIpc) is 3.27. The van der Waals surface area contributed by atoms with E-state index in [1.807, 2.05) is 33.9 Å². The number of hydrogen-bond donors (Lipinski definition) is 3. The van der Waals surface area contributed by atoms with Crippen LogP contribution in [0, 0.1) is 0 Å². The number of nitrogens with two attached hydrogens (primary N) is 1. The van der Waals surface area contributed by atoms with Crippen LogP contribution in [0.15, 0.2) is 18.2 Å². The minimum Gasteiger partial charge on any atom is -0.382 e. The molecule has 0 aliphatic carbocycles. The fraction of sp³-hybridized carbons (Fsp3) is 0.593. The average molecular weight is 573 g/mol. The van der Waals surface area contributed by atoms with E-state index >= 15 is 0 Å². The van der Waals surface area contributed by atoms with Gasteiger partial charge in [-0.25, -0.2) is 4.68 Å². The summed E-state index contributed by atoms with van der Waals surface area (Å²) >= 11 is 0. The summed E-state index contributed by atoms with van der Waals surface area (Å²) in [7, 11) is -1.50. The first-order chi connectivity index (χ1) is 18.9. The highest BCUT2D eigenvalue weighted by Gasteiger charge is 2.37. The van der Waals surface area contributed by atoms with Crippen LogP contribution in [-0.4, -0.2) is 101 Å². The van der Waals surface area contributed by atoms with Gasteiger partial charge in [0.2, 0.25) is 0 Å². The van der Waals surface area contributed by atoms with Crippen molar-refractivity contribution in [3.63, 3.8) is 0 Å². The molecule has 1 aromatic carbocycles. The van der Waals surface area contributed by atoms with Gasteiger partial charge in [-0.05, 0) is 58.4 Å². The summed E-state index contributed by atoms with van der Waals surface area (Å²) in [4.78, 5) is 27.4. The molecule has 0 saturated carbocycles. The maximum Gasteiger partial charge on any atom is 0.282 e. The molecule has 0 spiro atoms. The summed E-state index contributed by atoms with van der Waals surface area (Å²) in [6.07, 6.45) is 2.42. The lowest BCUT2D eigenvalue weighted by atomic mass is 9.90. The van der Waals surface area contributed by atoms with Crippen LogP contribution in [-0.2, 0) is 23.1 Å². The van der Waals surface area contributed by atoms with Crippen molar-refractivity contribution in [1.82, 2.24) is 28.6 Å². The summed E-state index contributed by atoms with van der Waals surface area (Å²) < 4.78 is 31.3. The Balaban J connectivity index is 1.37. The Morgan fingerprint density at radius 2 is 1.77 bits per heavy atom. The lowest BCUT2D eigenvalue weighted by Gasteiger charge is -2.38. The maximum atomic E-state index is 13.2. The number of aromatic nitrogens is 2. The second-order valence-electron chi connectivity index (χ2n) is 11.7. The van der Waals surface area contributed by atoms with Gasteiger partial charge < -0.3 is 21.3 Å². The third-order valence-corrected chi connectivity index (χ3v) is 10.2. The molecule has 0 bridgehead atoms. The third kappa shape index (κ3) is 5.47. The highest BCUT2D eigenvalue weighted by Crippen LogP contribution is 2.31. The maximum absolute atomic E-state index is 13.2. The van der Waals surface area contributed by atoms with Crippen molar-refractivity contribution in [2.45, 2.75) is 58.0 Å². The fourth-order valence-electron chi connectivity index (χ4n) is 5.85. The number of anilines is 1. The standard InChI is InChI=1S/C27H40N8O4S/c1-5-21-24-23(17-27(2,3)30-26(24)37)35(31-21)19-6-7-20(25(28)36)22(16-19)29-18-8-10-33(11-9-18)40(38,39)34-14-12-32(4)13-15-34/h6-7,16,18,29H,5,8-15,17H2,1-4H3,(H2,28,36)(H,30,37). The SMILES string of the molecule is CCc1nn(-c2ccc(C(N)=O)c(NC3CCN(S(=O)(=O)N4CCN(C)CC4)CC3)c2)c2c1C(=O)NC(C)(C)C2. The van der Waals surface area contributed by atoms with Gasteiger partial charge in [0, 0.05) is 63.0 Å².